The number of rotatable bonds is 3. The number of aliphatic hydroxyl groups is 1. The first-order valence-electron chi connectivity index (χ1n) is 6.67. The molecule has 104 valence electrons. The van der Waals surface area contributed by atoms with Crippen LogP contribution in [-0.2, 0) is 11.2 Å². The third-order valence-electron chi connectivity index (χ3n) is 3.50. The molecule has 0 heterocycles. The van der Waals surface area contributed by atoms with E-state index < -0.39 is 12.2 Å². The molecule has 0 bridgehead atoms. The molecule has 0 spiro atoms. The zero-order valence-corrected chi connectivity index (χ0v) is 11.7. The number of carbonyl (C=O) groups is 1. The smallest absolute Gasteiger partial charge is 0.262 e. The molecule has 1 unspecified atom stereocenters. The average Bonchev–Trinajstić information content (AvgIpc) is 2.38. The SMILES string of the molecule is CC(Oc1ccc2c(c1)[C@H](O)CCC2)C(=O)N(C)C. The van der Waals surface area contributed by atoms with Gasteiger partial charge in [-0.2, -0.15) is 0 Å². The topological polar surface area (TPSA) is 49.8 Å². The first kappa shape index (κ1) is 13.9. The molecule has 0 aliphatic heterocycles. The molecule has 2 atom stereocenters. The van der Waals surface area contributed by atoms with E-state index in [9.17, 15) is 9.90 Å². The third kappa shape index (κ3) is 3.07. The monoisotopic (exact) mass is 263 g/mol. The van der Waals surface area contributed by atoms with E-state index in [-0.39, 0.29) is 5.91 Å². The summed E-state index contributed by atoms with van der Waals surface area (Å²) in [5, 5.41) is 9.99. The minimum absolute atomic E-state index is 0.0710. The molecular weight excluding hydrogens is 242 g/mol. The molecule has 0 radical (unpaired) electrons. The number of benzene rings is 1. The van der Waals surface area contributed by atoms with E-state index in [1.54, 1.807) is 21.0 Å². The number of nitrogens with zero attached hydrogens (tertiary/aromatic N) is 1. The van der Waals surface area contributed by atoms with Gasteiger partial charge in [0.2, 0.25) is 0 Å². The second kappa shape index (κ2) is 5.61. The number of carbonyl (C=O) groups excluding carboxylic acids is 1. The fourth-order valence-corrected chi connectivity index (χ4v) is 2.44. The van der Waals surface area contributed by atoms with Gasteiger partial charge in [-0.1, -0.05) is 6.07 Å². The average molecular weight is 263 g/mol. The highest BCUT2D eigenvalue weighted by Gasteiger charge is 2.20. The van der Waals surface area contributed by atoms with Crippen LogP contribution in [0.5, 0.6) is 5.75 Å². The Morgan fingerprint density at radius 1 is 1.47 bits per heavy atom. The zero-order valence-electron chi connectivity index (χ0n) is 11.7. The van der Waals surface area contributed by atoms with E-state index in [1.165, 1.54) is 10.5 Å². The van der Waals surface area contributed by atoms with Crippen LogP contribution in [0.15, 0.2) is 18.2 Å². The number of amides is 1. The van der Waals surface area contributed by atoms with Gasteiger partial charge in [0, 0.05) is 14.1 Å². The lowest BCUT2D eigenvalue weighted by molar-refractivity contribution is -0.135. The molecule has 1 amide bonds. The van der Waals surface area contributed by atoms with Crippen molar-refractivity contribution in [1.29, 1.82) is 0 Å². The van der Waals surface area contributed by atoms with E-state index in [4.69, 9.17) is 4.74 Å². The van der Waals surface area contributed by atoms with Crippen LogP contribution in [-0.4, -0.2) is 36.1 Å². The Balaban J connectivity index is 2.14. The van der Waals surface area contributed by atoms with Gasteiger partial charge >= 0.3 is 0 Å². The van der Waals surface area contributed by atoms with Gasteiger partial charge in [0.1, 0.15) is 5.75 Å². The summed E-state index contributed by atoms with van der Waals surface area (Å²) in [6, 6.07) is 5.72. The van der Waals surface area contributed by atoms with Crippen molar-refractivity contribution in [2.75, 3.05) is 14.1 Å². The minimum Gasteiger partial charge on any atom is -0.481 e. The predicted octanol–water partition coefficient (Wildman–Crippen LogP) is 1.91. The van der Waals surface area contributed by atoms with Gasteiger partial charge < -0.3 is 14.7 Å². The van der Waals surface area contributed by atoms with Gasteiger partial charge in [-0.25, -0.2) is 0 Å². The van der Waals surface area contributed by atoms with Crippen LogP contribution in [0.1, 0.15) is 37.0 Å². The van der Waals surface area contributed by atoms with Crippen molar-refractivity contribution in [2.45, 2.75) is 38.4 Å². The summed E-state index contributed by atoms with van der Waals surface area (Å²) in [7, 11) is 3.41. The van der Waals surface area contributed by atoms with Crippen molar-refractivity contribution in [3.8, 4) is 5.75 Å². The normalized spacial score (nSPS) is 19.5. The second-order valence-electron chi connectivity index (χ2n) is 5.26. The molecule has 4 heteroatoms. The van der Waals surface area contributed by atoms with Crippen molar-refractivity contribution >= 4 is 5.91 Å². The van der Waals surface area contributed by atoms with Crippen molar-refractivity contribution in [1.82, 2.24) is 4.90 Å². The maximum Gasteiger partial charge on any atom is 0.262 e. The number of fused-ring (bicyclic) bond motifs is 1. The number of hydrogen-bond acceptors (Lipinski definition) is 3. The third-order valence-corrected chi connectivity index (χ3v) is 3.50. The summed E-state index contributed by atoms with van der Waals surface area (Å²) in [5.41, 5.74) is 2.12. The van der Waals surface area contributed by atoms with Gasteiger partial charge in [-0.05, 0) is 49.4 Å². The van der Waals surface area contributed by atoms with Crippen LogP contribution in [0.25, 0.3) is 0 Å². The summed E-state index contributed by atoms with van der Waals surface area (Å²) < 4.78 is 5.65. The van der Waals surface area contributed by atoms with E-state index >= 15 is 0 Å². The highest BCUT2D eigenvalue weighted by Crippen LogP contribution is 2.32. The molecule has 4 nitrogen and oxygen atoms in total. The van der Waals surface area contributed by atoms with Gasteiger partial charge in [-0.15, -0.1) is 0 Å². The lowest BCUT2D eigenvalue weighted by Crippen LogP contribution is -2.35. The largest absolute Gasteiger partial charge is 0.481 e. The predicted molar refractivity (Wildman–Crippen MR) is 73.1 cm³/mol. The van der Waals surface area contributed by atoms with Crippen molar-refractivity contribution in [2.24, 2.45) is 0 Å². The number of ether oxygens (including phenoxy) is 1. The number of aryl methyl sites for hydroxylation is 1. The van der Waals surface area contributed by atoms with Crippen LogP contribution in [0.4, 0.5) is 0 Å². The van der Waals surface area contributed by atoms with Crippen LogP contribution in [0.3, 0.4) is 0 Å². The molecular formula is C15H21NO3. The molecule has 1 aromatic carbocycles. The fourth-order valence-electron chi connectivity index (χ4n) is 2.44. The Morgan fingerprint density at radius 3 is 2.89 bits per heavy atom. The molecule has 1 aliphatic carbocycles. The van der Waals surface area contributed by atoms with E-state index in [1.807, 2.05) is 18.2 Å². The highest BCUT2D eigenvalue weighted by molar-refractivity contribution is 5.80. The summed E-state index contributed by atoms with van der Waals surface area (Å²) >= 11 is 0. The van der Waals surface area contributed by atoms with Gasteiger partial charge in [0.15, 0.2) is 6.10 Å². The number of hydrogen-bond donors (Lipinski definition) is 1. The maximum atomic E-state index is 11.8. The molecule has 0 aromatic heterocycles. The molecule has 1 aromatic rings. The van der Waals surface area contributed by atoms with Gasteiger partial charge in [0.05, 0.1) is 6.10 Å². The standard InChI is InChI=1S/C15H21NO3/c1-10(15(18)16(2)3)19-12-8-7-11-5-4-6-14(17)13(11)9-12/h7-10,14,17H,4-6H2,1-3H3/t10?,14-/m1/s1. The fraction of sp³-hybridized carbons (Fsp3) is 0.533. The molecule has 0 saturated carbocycles. The highest BCUT2D eigenvalue weighted by atomic mass is 16.5. The van der Waals surface area contributed by atoms with Crippen LogP contribution >= 0.6 is 0 Å². The summed E-state index contributed by atoms with van der Waals surface area (Å²) in [4.78, 5) is 13.3. The number of aliphatic hydroxyl groups excluding tert-OH is 1. The van der Waals surface area contributed by atoms with Crippen LogP contribution < -0.4 is 4.74 Å². The minimum atomic E-state index is -0.520. The summed E-state index contributed by atoms with van der Waals surface area (Å²) in [5.74, 6) is 0.570. The molecule has 0 saturated heterocycles. The Hall–Kier alpha value is -1.55. The molecule has 1 aliphatic rings. The van der Waals surface area contributed by atoms with Gasteiger partial charge in [-0.3, -0.25) is 4.79 Å². The van der Waals surface area contributed by atoms with Crippen molar-refractivity contribution < 1.29 is 14.6 Å². The first-order valence-corrected chi connectivity index (χ1v) is 6.67. The van der Waals surface area contributed by atoms with Crippen molar-refractivity contribution in [3.05, 3.63) is 29.3 Å². The van der Waals surface area contributed by atoms with Crippen molar-refractivity contribution in [3.63, 3.8) is 0 Å². The Bertz CT molecular complexity index is 470. The number of likely N-dealkylation sites (N-methyl/N-ethyl adjacent to an activating group) is 1. The van der Waals surface area contributed by atoms with E-state index in [0.717, 1.165) is 24.8 Å². The second-order valence-corrected chi connectivity index (χ2v) is 5.26. The molecule has 1 N–H and O–H groups in total. The Morgan fingerprint density at radius 2 is 2.21 bits per heavy atom. The molecule has 0 fully saturated rings. The Kier molecular flexibility index (Phi) is 4.10. The van der Waals surface area contributed by atoms with Crippen LogP contribution in [0.2, 0.25) is 0 Å². The molecule has 2 rings (SSSR count). The lowest BCUT2D eigenvalue weighted by atomic mass is 9.89. The molecule has 19 heavy (non-hydrogen) atoms. The van der Waals surface area contributed by atoms with E-state index in [2.05, 4.69) is 0 Å². The van der Waals surface area contributed by atoms with E-state index in [0.29, 0.717) is 5.75 Å². The summed E-state index contributed by atoms with van der Waals surface area (Å²) in [6.45, 7) is 1.73. The zero-order chi connectivity index (χ0) is 14.0. The maximum absolute atomic E-state index is 11.8. The van der Waals surface area contributed by atoms with Gasteiger partial charge in [0.25, 0.3) is 5.91 Å². The first-order chi connectivity index (χ1) is 8.99. The lowest BCUT2D eigenvalue weighted by Gasteiger charge is -2.23. The summed E-state index contributed by atoms with van der Waals surface area (Å²) in [6.07, 6.45) is 1.88. The van der Waals surface area contributed by atoms with Crippen LogP contribution in [0, 0.1) is 0 Å². The quantitative estimate of drug-likeness (QED) is 0.906. The Labute approximate surface area is 114 Å².